The van der Waals surface area contributed by atoms with E-state index in [1.54, 1.807) is 50.2 Å². The maximum Gasteiger partial charge on any atom is 0.175 e. The van der Waals surface area contributed by atoms with Crippen molar-refractivity contribution in [2.45, 2.75) is 36.3 Å². The average molecular weight is 520 g/mol. The number of sulfone groups is 1. The number of hydrogen-bond donors (Lipinski definition) is 1. The Labute approximate surface area is 210 Å². The van der Waals surface area contributed by atoms with Crippen molar-refractivity contribution in [1.82, 2.24) is 4.90 Å². The fourth-order valence-corrected chi connectivity index (χ4v) is 5.90. The highest BCUT2D eigenvalue weighted by Crippen LogP contribution is 2.44. The van der Waals surface area contributed by atoms with E-state index in [0.29, 0.717) is 23.7 Å². The minimum Gasteiger partial charge on any atom is -0.390 e. The van der Waals surface area contributed by atoms with E-state index >= 15 is 0 Å². The van der Waals surface area contributed by atoms with Gasteiger partial charge >= 0.3 is 0 Å². The van der Waals surface area contributed by atoms with Crippen molar-refractivity contribution in [1.29, 1.82) is 0 Å². The zero-order valence-electron chi connectivity index (χ0n) is 19.8. The number of likely N-dealkylation sites (tertiary alicyclic amines) is 1. The van der Waals surface area contributed by atoms with E-state index in [1.165, 1.54) is 18.4 Å². The molecule has 1 aliphatic heterocycles. The first kappa shape index (κ1) is 25.8. The molecule has 1 heterocycles. The molecule has 0 amide bonds. The Kier molecular flexibility index (Phi) is 7.08. The lowest BCUT2D eigenvalue weighted by atomic mass is 9.71. The van der Waals surface area contributed by atoms with Crippen LogP contribution in [0.25, 0.3) is 0 Å². The van der Waals surface area contributed by atoms with Crippen LogP contribution in [-0.4, -0.2) is 43.4 Å². The number of aliphatic hydroxyl groups is 1. The van der Waals surface area contributed by atoms with Crippen molar-refractivity contribution >= 4 is 21.4 Å². The molecule has 4 rings (SSSR count). The monoisotopic (exact) mass is 519 g/mol. The zero-order valence-corrected chi connectivity index (χ0v) is 21.3. The van der Waals surface area contributed by atoms with Crippen molar-refractivity contribution in [3.63, 3.8) is 0 Å². The van der Waals surface area contributed by atoms with Crippen molar-refractivity contribution in [2.24, 2.45) is 5.92 Å². The van der Waals surface area contributed by atoms with Crippen LogP contribution in [0.2, 0.25) is 5.02 Å². The van der Waals surface area contributed by atoms with Gasteiger partial charge in [0.2, 0.25) is 0 Å². The highest BCUT2D eigenvalue weighted by atomic mass is 35.5. The Morgan fingerprint density at radius 1 is 0.914 bits per heavy atom. The molecule has 0 saturated carbocycles. The molecule has 186 valence electrons. The van der Waals surface area contributed by atoms with E-state index in [-0.39, 0.29) is 16.9 Å². The molecule has 1 fully saturated rings. The summed E-state index contributed by atoms with van der Waals surface area (Å²) >= 11 is 6.10. The van der Waals surface area contributed by atoms with Gasteiger partial charge in [-0.2, -0.15) is 0 Å². The second-order valence-corrected chi connectivity index (χ2v) is 12.3. The van der Waals surface area contributed by atoms with E-state index in [4.69, 9.17) is 11.6 Å². The standard InChI is InChI=1S/C27H28ClF2NO3S/c1-27(2,32)25(19-12-22(29)14-23(30)13-19)20-15-31(16-20)26(17-4-8-21(28)9-5-17)18-6-10-24(11-7-18)35(3,33)34/h4-14,20,25-26,32H,15-16H2,1-3H3. The third-order valence-electron chi connectivity index (χ3n) is 6.59. The molecule has 0 bridgehead atoms. The van der Waals surface area contributed by atoms with Crippen LogP contribution < -0.4 is 0 Å². The van der Waals surface area contributed by atoms with Crippen LogP contribution in [0.4, 0.5) is 8.78 Å². The quantitative estimate of drug-likeness (QED) is 0.441. The van der Waals surface area contributed by atoms with Gasteiger partial charge in [-0.05, 0) is 72.9 Å². The first-order valence-electron chi connectivity index (χ1n) is 11.3. The van der Waals surface area contributed by atoms with E-state index in [2.05, 4.69) is 4.90 Å². The van der Waals surface area contributed by atoms with Gasteiger partial charge in [0.05, 0.1) is 16.5 Å². The zero-order chi connectivity index (χ0) is 25.5. The lowest BCUT2D eigenvalue weighted by Crippen LogP contribution is -2.54. The largest absolute Gasteiger partial charge is 0.390 e. The Hall–Kier alpha value is -2.32. The molecule has 1 N–H and O–H groups in total. The number of benzene rings is 3. The summed E-state index contributed by atoms with van der Waals surface area (Å²) in [5, 5.41) is 11.5. The molecule has 4 nitrogen and oxygen atoms in total. The molecule has 0 aromatic heterocycles. The second kappa shape index (κ2) is 9.62. The average Bonchev–Trinajstić information content (AvgIpc) is 2.71. The van der Waals surface area contributed by atoms with Crippen LogP contribution in [0, 0.1) is 17.6 Å². The summed E-state index contributed by atoms with van der Waals surface area (Å²) < 4.78 is 51.8. The molecule has 0 spiro atoms. The molecule has 8 heteroatoms. The first-order valence-corrected chi connectivity index (χ1v) is 13.6. The maximum atomic E-state index is 14.0. The Morgan fingerprint density at radius 2 is 1.40 bits per heavy atom. The van der Waals surface area contributed by atoms with Crippen LogP contribution in [0.5, 0.6) is 0 Å². The van der Waals surface area contributed by atoms with Gasteiger partial charge in [0, 0.05) is 36.4 Å². The van der Waals surface area contributed by atoms with Crippen molar-refractivity contribution in [2.75, 3.05) is 19.3 Å². The van der Waals surface area contributed by atoms with Crippen LogP contribution in [0.15, 0.2) is 71.6 Å². The van der Waals surface area contributed by atoms with Gasteiger partial charge in [0.15, 0.2) is 9.84 Å². The fraction of sp³-hybridized carbons (Fsp3) is 0.333. The predicted molar refractivity (Wildman–Crippen MR) is 133 cm³/mol. The summed E-state index contributed by atoms with van der Waals surface area (Å²) in [6.07, 6.45) is 1.17. The van der Waals surface area contributed by atoms with Crippen molar-refractivity contribution < 1.29 is 22.3 Å². The minimum atomic E-state index is -3.32. The molecule has 1 aliphatic rings. The molecular weight excluding hydrogens is 492 g/mol. The van der Waals surface area contributed by atoms with Crippen LogP contribution in [0.3, 0.4) is 0 Å². The molecule has 0 radical (unpaired) electrons. The van der Waals surface area contributed by atoms with E-state index in [9.17, 15) is 22.3 Å². The van der Waals surface area contributed by atoms with E-state index in [0.717, 1.165) is 17.2 Å². The van der Waals surface area contributed by atoms with Crippen LogP contribution in [-0.2, 0) is 9.84 Å². The van der Waals surface area contributed by atoms with Gasteiger partial charge in [-0.15, -0.1) is 0 Å². The van der Waals surface area contributed by atoms with Gasteiger partial charge in [-0.25, -0.2) is 17.2 Å². The maximum absolute atomic E-state index is 14.0. The van der Waals surface area contributed by atoms with Crippen LogP contribution in [0.1, 0.15) is 42.5 Å². The molecule has 0 aliphatic carbocycles. The molecule has 3 aromatic carbocycles. The molecule has 3 aromatic rings. The van der Waals surface area contributed by atoms with E-state index < -0.39 is 33.0 Å². The molecule has 1 saturated heterocycles. The highest BCUT2D eigenvalue weighted by molar-refractivity contribution is 7.90. The molecule has 35 heavy (non-hydrogen) atoms. The molecule has 2 atom stereocenters. The Bertz CT molecular complexity index is 1280. The smallest absolute Gasteiger partial charge is 0.175 e. The number of hydrogen-bond acceptors (Lipinski definition) is 4. The van der Waals surface area contributed by atoms with Gasteiger partial charge in [0.25, 0.3) is 0 Å². The number of halogens is 3. The van der Waals surface area contributed by atoms with Gasteiger partial charge in [-0.3, -0.25) is 4.90 Å². The Morgan fingerprint density at radius 3 is 1.86 bits per heavy atom. The topological polar surface area (TPSA) is 57.6 Å². The van der Waals surface area contributed by atoms with Crippen molar-refractivity contribution in [3.05, 3.63) is 100 Å². The van der Waals surface area contributed by atoms with Gasteiger partial charge < -0.3 is 5.11 Å². The first-order chi connectivity index (χ1) is 16.3. The predicted octanol–water partition coefficient (Wildman–Crippen LogP) is 5.60. The summed E-state index contributed by atoms with van der Waals surface area (Å²) in [4.78, 5) is 2.45. The molecular formula is C27H28ClF2NO3S. The lowest BCUT2D eigenvalue weighted by molar-refractivity contribution is -0.0309. The summed E-state index contributed by atoms with van der Waals surface area (Å²) in [6.45, 7) is 4.47. The van der Waals surface area contributed by atoms with Crippen molar-refractivity contribution in [3.8, 4) is 0 Å². The number of nitrogens with zero attached hydrogens (tertiary/aromatic N) is 1. The summed E-state index contributed by atoms with van der Waals surface area (Å²) in [5.74, 6) is -1.85. The normalized spacial score (nSPS) is 17.1. The fourth-order valence-electron chi connectivity index (χ4n) is 5.14. The summed E-state index contributed by atoms with van der Waals surface area (Å²) in [6, 6.07) is 17.5. The third kappa shape index (κ3) is 5.75. The summed E-state index contributed by atoms with van der Waals surface area (Å²) in [5.41, 5.74) is 1.13. The van der Waals surface area contributed by atoms with Crippen LogP contribution >= 0.6 is 11.6 Å². The minimum absolute atomic E-state index is 0.0405. The van der Waals surface area contributed by atoms with Gasteiger partial charge in [0.1, 0.15) is 11.6 Å². The SMILES string of the molecule is CC(C)(O)C(c1cc(F)cc(F)c1)C1CN(C(c2ccc(Cl)cc2)c2ccc(S(C)(=O)=O)cc2)C1. The lowest BCUT2D eigenvalue weighted by Gasteiger charge is -2.50. The number of rotatable bonds is 7. The third-order valence-corrected chi connectivity index (χ3v) is 7.97. The Balaban J connectivity index is 1.65. The second-order valence-electron chi connectivity index (χ2n) is 9.84. The summed E-state index contributed by atoms with van der Waals surface area (Å²) in [7, 11) is -3.32. The highest BCUT2D eigenvalue weighted by Gasteiger charge is 2.44. The van der Waals surface area contributed by atoms with E-state index in [1.807, 2.05) is 12.1 Å². The van der Waals surface area contributed by atoms with Gasteiger partial charge in [-0.1, -0.05) is 35.9 Å². The molecule has 2 unspecified atom stereocenters.